The maximum absolute atomic E-state index is 12.4. The van der Waals surface area contributed by atoms with Crippen LogP contribution < -0.4 is 0 Å². The molecule has 0 aliphatic carbocycles. The van der Waals surface area contributed by atoms with E-state index in [2.05, 4.69) is 22.2 Å². The van der Waals surface area contributed by atoms with Crippen LogP contribution in [0, 0.1) is 5.92 Å². The van der Waals surface area contributed by atoms with Crippen molar-refractivity contribution in [2.45, 2.75) is 19.3 Å². The van der Waals surface area contributed by atoms with Gasteiger partial charge in [0.15, 0.2) is 0 Å². The van der Waals surface area contributed by atoms with Crippen LogP contribution in [0.3, 0.4) is 0 Å². The highest BCUT2D eigenvalue weighted by atomic mass is 16.2. The molecule has 1 aliphatic heterocycles. The van der Waals surface area contributed by atoms with Gasteiger partial charge in [0.05, 0.1) is 0 Å². The molecule has 2 aromatic heterocycles. The Balaban J connectivity index is 1.56. The van der Waals surface area contributed by atoms with Crippen molar-refractivity contribution in [3.63, 3.8) is 0 Å². The minimum absolute atomic E-state index is 0.0948. The third kappa shape index (κ3) is 3.12. The first-order chi connectivity index (χ1) is 10.2. The number of piperidine rings is 1. The van der Waals surface area contributed by atoms with Crippen LogP contribution in [-0.4, -0.2) is 38.7 Å². The van der Waals surface area contributed by atoms with Gasteiger partial charge in [-0.2, -0.15) is 5.10 Å². The molecule has 110 valence electrons. The molecule has 3 rings (SSSR count). The summed E-state index contributed by atoms with van der Waals surface area (Å²) in [5.74, 6) is 0.750. The number of aryl methyl sites for hydroxylation is 1. The lowest BCUT2D eigenvalue weighted by Gasteiger charge is -2.32. The number of carbonyl (C=O) groups is 1. The van der Waals surface area contributed by atoms with E-state index in [1.54, 1.807) is 16.9 Å². The number of aromatic nitrogens is 3. The van der Waals surface area contributed by atoms with E-state index in [1.165, 1.54) is 5.56 Å². The van der Waals surface area contributed by atoms with Crippen LogP contribution in [0.1, 0.15) is 28.9 Å². The predicted molar refractivity (Wildman–Crippen MR) is 79.8 cm³/mol. The highest BCUT2D eigenvalue weighted by Gasteiger charge is 2.25. The zero-order valence-electron chi connectivity index (χ0n) is 12.3. The fourth-order valence-electron chi connectivity index (χ4n) is 2.94. The molecule has 0 radical (unpaired) electrons. The number of nitrogens with zero attached hydrogens (tertiary/aromatic N) is 4. The molecule has 3 heterocycles. The van der Waals surface area contributed by atoms with Crippen molar-refractivity contribution in [3.05, 3.63) is 48.0 Å². The van der Waals surface area contributed by atoms with Gasteiger partial charge in [-0.05, 0) is 48.9 Å². The minimum Gasteiger partial charge on any atom is -0.337 e. The van der Waals surface area contributed by atoms with Crippen LogP contribution in [0.15, 0.2) is 36.8 Å². The first kappa shape index (κ1) is 13.8. The summed E-state index contributed by atoms with van der Waals surface area (Å²) in [5, 5.41) is 4.07. The van der Waals surface area contributed by atoms with Gasteiger partial charge < -0.3 is 4.90 Å². The summed E-state index contributed by atoms with van der Waals surface area (Å²) in [6.07, 6.45) is 8.56. The highest BCUT2D eigenvalue weighted by Crippen LogP contribution is 2.22. The van der Waals surface area contributed by atoms with E-state index in [0.717, 1.165) is 32.4 Å². The highest BCUT2D eigenvalue weighted by molar-refractivity contribution is 5.92. The van der Waals surface area contributed by atoms with Crippen molar-refractivity contribution in [2.75, 3.05) is 13.1 Å². The third-order valence-electron chi connectivity index (χ3n) is 4.22. The Labute approximate surface area is 124 Å². The lowest BCUT2D eigenvalue weighted by molar-refractivity contribution is 0.0679. The average Bonchev–Trinajstić information content (AvgIpc) is 2.94. The average molecular weight is 284 g/mol. The van der Waals surface area contributed by atoms with E-state index in [4.69, 9.17) is 0 Å². The van der Waals surface area contributed by atoms with E-state index < -0.39 is 0 Å². The van der Waals surface area contributed by atoms with Crippen molar-refractivity contribution >= 4 is 5.91 Å². The summed E-state index contributed by atoms with van der Waals surface area (Å²) < 4.78 is 1.64. The van der Waals surface area contributed by atoms with E-state index in [1.807, 2.05) is 24.3 Å². The second-order valence-electron chi connectivity index (χ2n) is 5.64. The predicted octanol–water partition coefficient (Wildman–Crippen LogP) is 1.91. The maximum Gasteiger partial charge on any atom is 0.272 e. The summed E-state index contributed by atoms with van der Waals surface area (Å²) in [6.45, 7) is 1.67. The SMILES string of the molecule is Cn1nccc1C(=O)N1CCC(Cc2ccncc2)CC1. The van der Waals surface area contributed by atoms with E-state index in [9.17, 15) is 4.79 Å². The van der Waals surface area contributed by atoms with Gasteiger partial charge in [-0.3, -0.25) is 14.5 Å². The number of carbonyl (C=O) groups excluding carboxylic acids is 1. The molecule has 0 bridgehead atoms. The summed E-state index contributed by atoms with van der Waals surface area (Å²) in [4.78, 5) is 18.4. The fraction of sp³-hybridized carbons (Fsp3) is 0.438. The number of rotatable bonds is 3. The molecule has 0 N–H and O–H groups in total. The van der Waals surface area contributed by atoms with Gasteiger partial charge in [0.25, 0.3) is 5.91 Å². The Morgan fingerprint density at radius 3 is 2.52 bits per heavy atom. The van der Waals surface area contributed by atoms with Crippen LogP contribution in [-0.2, 0) is 13.5 Å². The second-order valence-corrected chi connectivity index (χ2v) is 5.64. The Morgan fingerprint density at radius 1 is 1.19 bits per heavy atom. The van der Waals surface area contributed by atoms with Crippen molar-refractivity contribution < 1.29 is 4.79 Å². The Morgan fingerprint density at radius 2 is 1.90 bits per heavy atom. The fourth-order valence-corrected chi connectivity index (χ4v) is 2.94. The number of amides is 1. The molecule has 5 nitrogen and oxygen atoms in total. The molecule has 1 saturated heterocycles. The van der Waals surface area contributed by atoms with Gasteiger partial charge >= 0.3 is 0 Å². The van der Waals surface area contributed by atoms with Crippen molar-refractivity contribution in [1.82, 2.24) is 19.7 Å². The quantitative estimate of drug-likeness (QED) is 0.865. The van der Waals surface area contributed by atoms with Gasteiger partial charge in [0.1, 0.15) is 5.69 Å². The molecule has 5 heteroatoms. The number of hydrogen-bond acceptors (Lipinski definition) is 3. The lowest BCUT2D eigenvalue weighted by Crippen LogP contribution is -2.39. The van der Waals surface area contributed by atoms with Crippen molar-refractivity contribution in [3.8, 4) is 0 Å². The van der Waals surface area contributed by atoms with Crippen LogP contribution >= 0.6 is 0 Å². The summed E-state index contributed by atoms with van der Waals surface area (Å²) in [6, 6.07) is 5.94. The third-order valence-corrected chi connectivity index (χ3v) is 4.22. The molecule has 1 amide bonds. The largest absolute Gasteiger partial charge is 0.337 e. The number of likely N-dealkylation sites (tertiary alicyclic amines) is 1. The van der Waals surface area contributed by atoms with E-state index >= 15 is 0 Å². The summed E-state index contributed by atoms with van der Waals surface area (Å²) >= 11 is 0. The van der Waals surface area contributed by atoms with Gasteiger partial charge in [-0.15, -0.1) is 0 Å². The molecule has 1 aliphatic rings. The molecule has 0 unspecified atom stereocenters. The monoisotopic (exact) mass is 284 g/mol. The lowest BCUT2D eigenvalue weighted by atomic mass is 9.90. The van der Waals surface area contributed by atoms with Crippen molar-refractivity contribution in [1.29, 1.82) is 0 Å². The van der Waals surface area contributed by atoms with Crippen LogP contribution in [0.4, 0.5) is 0 Å². The molecule has 0 atom stereocenters. The van der Waals surface area contributed by atoms with Crippen molar-refractivity contribution in [2.24, 2.45) is 13.0 Å². The minimum atomic E-state index is 0.0948. The smallest absolute Gasteiger partial charge is 0.272 e. The van der Waals surface area contributed by atoms with Gasteiger partial charge in [-0.25, -0.2) is 0 Å². The zero-order chi connectivity index (χ0) is 14.7. The molecule has 21 heavy (non-hydrogen) atoms. The molecule has 0 saturated carbocycles. The first-order valence-corrected chi connectivity index (χ1v) is 7.40. The topological polar surface area (TPSA) is 51.0 Å². The summed E-state index contributed by atoms with van der Waals surface area (Å²) in [7, 11) is 1.81. The van der Waals surface area contributed by atoms with Gasteiger partial charge in [0, 0.05) is 38.7 Å². The molecule has 0 aromatic carbocycles. The summed E-state index contributed by atoms with van der Waals surface area (Å²) in [5.41, 5.74) is 2.00. The van der Waals surface area contributed by atoms with Gasteiger partial charge in [-0.1, -0.05) is 0 Å². The number of pyridine rings is 1. The zero-order valence-corrected chi connectivity index (χ0v) is 12.3. The van der Waals surface area contributed by atoms with E-state index in [0.29, 0.717) is 11.6 Å². The molecular formula is C16H20N4O. The van der Waals surface area contributed by atoms with Crippen LogP contribution in [0.2, 0.25) is 0 Å². The first-order valence-electron chi connectivity index (χ1n) is 7.40. The Hall–Kier alpha value is -2.17. The number of hydrogen-bond donors (Lipinski definition) is 0. The maximum atomic E-state index is 12.4. The Kier molecular flexibility index (Phi) is 3.99. The van der Waals surface area contributed by atoms with Crippen LogP contribution in [0.5, 0.6) is 0 Å². The Bertz CT molecular complexity index is 600. The molecular weight excluding hydrogens is 264 g/mol. The molecule has 2 aromatic rings. The molecule has 1 fully saturated rings. The van der Waals surface area contributed by atoms with Gasteiger partial charge in [0.2, 0.25) is 0 Å². The normalized spacial score (nSPS) is 16.1. The van der Waals surface area contributed by atoms with Crippen LogP contribution in [0.25, 0.3) is 0 Å². The standard InChI is InChI=1S/C16H20N4O/c1-19-15(4-9-18-19)16(21)20-10-5-14(6-11-20)12-13-2-7-17-8-3-13/h2-4,7-9,14H,5-6,10-12H2,1H3. The van der Waals surface area contributed by atoms with E-state index in [-0.39, 0.29) is 5.91 Å². The molecule has 0 spiro atoms. The second kappa shape index (κ2) is 6.08.